The molecule has 0 radical (unpaired) electrons. The Hall–Kier alpha value is -2.43. The smallest absolute Gasteiger partial charge is 0.343 e. The minimum absolute atomic E-state index is 0.211. The summed E-state index contributed by atoms with van der Waals surface area (Å²) in [4.78, 5) is 29.2. The maximum atomic E-state index is 11.7. The van der Waals surface area contributed by atoms with Crippen LogP contribution in [-0.2, 0) is 0 Å². The molecule has 2 rings (SSSR count). The van der Waals surface area contributed by atoms with Crippen LogP contribution < -0.4 is 5.56 Å². The van der Waals surface area contributed by atoms with Gasteiger partial charge in [-0.2, -0.15) is 0 Å². The highest BCUT2D eigenvalue weighted by Gasteiger charge is 2.15. The molecule has 92 valence electrons. The number of aryl methyl sites for hydroxylation is 2. The maximum absolute atomic E-state index is 11.7. The number of hydrogen-bond donors (Lipinski definition) is 2. The van der Waals surface area contributed by atoms with E-state index in [2.05, 4.69) is 9.97 Å². The Morgan fingerprint density at radius 2 is 2.06 bits per heavy atom. The van der Waals surface area contributed by atoms with Gasteiger partial charge in [0, 0.05) is 5.56 Å². The summed E-state index contributed by atoms with van der Waals surface area (Å²) in [6.07, 6.45) is 0. The van der Waals surface area contributed by atoms with Crippen molar-refractivity contribution in [3.63, 3.8) is 0 Å². The van der Waals surface area contributed by atoms with E-state index < -0.39 is 11.5 Å². The summed E-state index contributed by atoms with van der Waals surface area (Å²) < 4.78 is 0. The fraction of sp³-hybridized carbons (Fsp3) is 0.154. The first-order valence-corrected chi connectivity index (χ1v) is 5.40. The van der Waals surface area contributed by atoms with Crippen molar-refractivity contribution in [3.8, 4) is 11.4 Å². The summed E-state index contributed by atoms with van der Waals surface area (Å²) >= 11 is 0. The highest BCUT2D eigenvalue weighted by Crippen LogP contribution is 2.15. The first-order valence-electron chi connectivity index (χ1n) is 5.40. The number of carboxylic acid groups (broad SMARTS) is 1. The van der Waals surface area contributed by atoms with Crippen molar-refractivity contribution in [2.24, 2.45) is 0 Å². The predicted molar refractivity (Wildman–Crippen MR) is 66.7 cm³/mol. The van der Waals surface area contributed by atoms with Crippen LogP contribution in [-0.4, -0.2) is 21.0 Å². The maximum Gasteiger partial charge on any atom is 0.343 e. The van der Waals surface area contributed by atoms with E-state index >= 15 is 0 Å². The summed E-state index contributed by atoms with van der Waals surface area (Å²) in [7, 11) is 0. The standard InChI is InChI=1S/C13H12N2O3/c1-7-4-3-5-9(6-7)11-14-8(2)10(13(17)18)12(16)15-11/h3-6H,1-2H3,(H,17,18)(H,14,15,16). The molecular weight excluding hydrogens is 232 g/mol. The molecular formula is C13H12N2O3. The summed E-state index contributed by atoms with van der Waals surface area (Å²) in [5, 5.41) is 8.89. The van der Waals surface area contributed by atoms with Crippen molar-refractivity contribution in [1.82, 2.24) is 9.97 Å². The number of H-pyrrole nitrogens is 1. The Labute approximate surface area is 103 Å². The zero-order valence-corrected chi connectivity index (χ0v) is 10.0. The Morgan fingerprint density at radius 3 is 2.61 bits per heavy atom. The van der Waals surface area contributed by atoms with Crippen LogP contribution >= 0.6 is 0 Å². The molecule has 0 amide bonds. The van der Waals surface area contributed by atoms with E-state index in [-0.39, 0.29) is 11.3 Å². The van der Waals surface area contributed by atoms with E-state index in [4.69, 9.17) is 5.11 Å². The molecule has 5 nitrogen and oxygen atoms in total. The summed E-state index contributed by atoms with van der Waals surface area (Å²) in [5.74, 6) is -0.886. The van der Waals surface area contributed by atoms with Gasteiger partial charge in [0.05, 0.1) is 5.69 Å². The number of rotatable bonds is 2. The Balaban J connectivity index is 2.62. The van der Waals surface area contributed by atoms with Crippen LogP contribution in [0.1, 0.15) is 21.6 Å². The largest absolute Gasteiger partial charge is 0.477 e. The SMILES string of the molecule is Cc1cccc(-c2nc(C)c(C(=O)O)c(=O)[nH]2)c1. The highest BCUT2D eigenvalue weighted by atomic mass is 16.4. The fourth-order valence-corrected chi connectivity index (χ4v) is 1.77. The van der Waals surface area contributed by atoms with Crippen molar-refractivity contribution in [3.05, 3.63) is 51.4 Å². The molecule has 0 saturated heterocycles. The quantitative estimate of drug-likeness (QED) is 0.843. The van der Waals surface area contributed by atoms with Crippen LogP contribution in [0.5, 0.6) is 0 Å². The molecule has 0 atom stereocenters. The molecule has 0 fully saturated rings. The first-order chi connectivity index (χ1) is 8.49. The third-order valence-corrected chi connectivity index (χ3v) is 2.61. The van der Waals surface area contributed by atoms with Crippen molar-refractivity contribution in [2.45, 2.75) is 13.8 Å². The molecule has 0 unspecified atom stereocenters. The second-order valence-electron chi connectivity index (χ2n) is 4.05. The Morgan fingerprint density at radius 1 is 1.33 bits per heavy atom. The molecule has 0 aliphatic rings. The number of benzene rings is 1. The van der Waals surface area contributed by atoms with Gasteiger partial charge in [0.2, 0.25) is 0 Å². The van der Waals surface area contributed by atoms with Gasteiger partial charge in [-0.05, 0) is 19.9 Å². The van der Waals surface area contributed by atoms with E-state index in [0.29, 0.717) is 5.82 Å². The van der Waals surface area contributed by atoms with Crippen molar-refractivity contribution in [2.75, 3.05) is 0 Å². The van der Waals surface area contributed by atoms with Gasteiger partial charge >= 0.3 is 5.97 Å². The Kier molecular flexibility index (Phi) is 2.97. The van der Waals surface area contributed by atoms with Crippen molar-refractivity contribution in [1.29, 1.82) is 0 Å². The topological polar surface area (TPSA) is 83.0 Å². The first kappa shape index (κ1) is 12.0. The van der Waals surface area contributed by atoms with Crippen LogP contribution in [0.2, 0.25) is 0 Å². The summed E-state index contributed by atoms with van der Waals surface area (Å²) in [6.45, 7) is 3.44. The lowest BCUT2D eigenvalue weighted by Gasteiger charge is -2.05. The minimum Gasteiger partial charge on any atom is -0.477 e. The molecule has 1 heterocycles. The second-order valence-corrected chi connectivity index (χ2v) is 4.05. The summed E-state index contributed by atoms with van der Waals surface area (Å²) in [6, 6.07) is 7.47. The van der Waals surface area contributed by atoms with Gasteiger partial charge in [0.1, 0.15) is 11.4 Å². The molecule has 2 aromatic rings. The number of carboxylic acids is 1. The van der Waals surface area contributed by atoms with Crippen LogP contribution in [0.25, 0.3) is 11.4 Å². The van der Waals surface area contributed by atoms with Gasteiger partial charge < -0.3 is 10.1 Å². The number of aromatic amines is 1. The van der Waals surface area contributed by atoms with Crippen LogP contribution in [0.15, 0.2) is 29.1 Å². The second kappa shape index (κ2) is 4.44. The van der Waals surface area contributed by atoms with Crippen LogP contribution in [0.3, 0.4) is 0 Å². The number of nitrogens with zero attached hydrogens (tertiary/aromatic N) is 1. The molecule has 0 bridgehead atoms. The number of carbonyl (C=O) groups is 1. The number of aromatic carboxylic acids is 1. The fourth-order valence-electron chi connectivity index (χ4n) is 1.77. The van der Waals surface area contributed by atoms with Crippen molar-refractivity contribution < 1.29 is 9.90 Å². The molecule has 5 heteroatoms. The number of aromatic nitrogens is 2. The van der Waals surface area contributed by atoms with Gasteiger partial charge in [0.25, 0.3) is 5.56 Å². The monoisotopic (exact) mass is 244 g/mol. The third-order valence-electron chi connectivity index (χ3n) is 2.61. The van der Waals surface area contributed by atoms with E-state index in [9.17, 15) is 9.59 Å². The van der Waals surface area contributed by atoms with E-state index in [0.717, 1.165) is 11.1 Å². The zero-order chi connectivity index (χ0) is 13.3. The normalized spacial score (nSPS) is 10.3. The lowest BCUT2D eigenvalue weighted by molar-refractivity contribution is 0.0693. The molecule has 0 aliphatic carbocycles. The molecule has 0 saturated carbocycles. The molecule has 1 aromatic carbocycles. The average molecular weight is 244 g/mol. The van der Waals surface area contributed by atoms with Crippen LogP contribution in [0, 0.1) is 13.8 Å². The third kappa shape index (κ3) is 2.15. The summed E-state index contributed by atoms with van der Waals surface area (Å²) in [5.41, 5.74) is 1.06. The number of hydrogen-bond acceptors (Lipinski definition) is 3. The molecule has 1 aromatic heterocycles. The molecule has 0 aliphatic heterocycles. The molecule has 18 heavy (non-hydrogen) atoms. The minimum atomic E-state index is -1.27. The van der Waals surface area contributed by atoms with E-state index in [1.165, 1.54) is 6.92 Å². The Bertz CT molecular complexity index is 674. The van der Waals surface area contributed by atoms with Gasteiger partial charge in [-0.1, -0.05) is 23.8 Å². The van der Waals surface area contributed by atoms with Gasteiger partial charge in [-0.15, -0.1) is 0 Å². The lowest BCUT2D eigenvalue weighted by Crippen LogP contribution is -2.21. The average Bonchev–Trinajstić information content (AvgIpc) is 2.27. The van der Waals surface area contributed by atoms with Crippen molar-refractivity contribution >= 4 is 5.97 Å². The number of nitrogens with one attached hydrogen (secondary N) is 1. The highest BCUT2D eigenvalue weighted by molar-refractivity contribution is 5.88. The lowest BCUT2D eigenvalue weighted by atomic mass is 10.1. The molecule has 0 spiro atoms. The van der Waals surface area contributed by atoms with Gasteiger partial charge in [0.15, 0.2) is 0 Å². The van der Waals surface area contributed by atoms with Gasteiger partial charge in [-0.3, -0.25) is 4.79 Å². The van der Waals surface area contributed by atoms with Crippen LogP contribution in [0.4, 0.5) is 0 Å². The van der Waals surface area contributed by atoms with E-state index in [1.807, 2.05) is 31.2 Å². The molecule has 2 N–H and O–H groups in total. The van der Waals surface area contributed by atoms with Gasteiger partial charge in [-0.25, -0.2) is 9.78 Å². The predicted octanol–water partition coefficient (Wildman–Crippen LogP) is 1.75. The zero-order valence-electron chi connectivity index (χ0n) is 10.0. The van der Waals surface area contributed by atoms with E-state index in [1.54, 1.807) is 0 Å².